The molecule has 0 aliphatic heterocycles. The predicted molar refractivity (Wildman–Crippen MR) is 268 cm³/mol. The van der Waals surface area contributed by atoms with Crippen molar-refractivity contribution in [3.63, 3.8) is 0 Å². The van der Waals surface area contributed by atoms with Gasteiger partial charge in [0, 0.05) is 12.8 Å². The minimum Gasteiger partial charge on any atom is -0.480 e. The van der Waals surface area contributed by atoms with Crippen molar-refractivity contribution in [1.82, 2.24) is 0 Å². The minimum absolute atomic E-state index is 0.170. The number of phosphoric ester groups is 1. The molecule has 12 heteroatoms. The number of carboxylic acid groups (broad SMARTS) is 1. The molecular formula is C53H104NO10P. The number of carbonyl (C=O) groups is 3. The minimum atomic E-state index is -4.72. The maximum atomic E-state index is 12.7. The molecule has 11 nitrogen and oxygen atoms in total. The Hall–Kier alpha value is -1.52. The summed E-state index contributed by atoms with van der Waals surface area (Å²) in [5.41, 5.74) is 5.36. The maximum absolute atomic E-state index is 12.7. The summed E-state index contributed by atoms with van der Waals surface area (Å²) < 4.78 is 32.9. The van der Waals surface area contributed by atoms with Crippen LogP contribution in [0.15, 0.2) is 0 Å². The molecule has 0 saturated carbocycles. The van der Waals surface area contributed by atoms with E-state index in [9.17, 15) is 23.8 Å². The van der Waals surface area contributed by atoms with Gasteiger partial charge in [-0.3, -0.25) is 23.4 Å². The van der Waals surface area contributed by atoms with Gasteiger partial charge in [-0.2, -0.15) is 0 Å². The smallest absolute Gasteiger partial charge is 0.472 e. The first-order valence-electron chi connectivity index (χ1n) is 27.6. The summed E-state index contributed by atoms with van der Waals surface area (Å²) in [6.45, 7) is 2.89. The molecule has 0 saturated heterocycles. The van der Waals surface area contributed by atoms with Gasteiger partial charge in [0.2, 0.25) is 0 Å². The largest absolute Gasteiger partial charge is 0.480 e. The van der Waals surface area contributed by atoms with E-state index in [1.807, 2.05) is 0 Å². The molecule has 0 rings (SSSR count). The zero-order valence-electron chi connectivity index (χ0n) is 42.4. The molecule has 0 aromatic rings. The molecule has 0 spiro atoms. The molecule has 0 radical (unpaired) electrons. The summed E-state index contributed by atoms with van der Waals surface area (Å²) in [4.78, 5) is 46.3. The van der Waals surface area contributed by atoms with Crippen molar-refractivity contribution < 1.29 is 47.5 Å². The highest BCUT2D eigenvalue weighted by molar-refractivity contribution is 7.47. The van der Waals surface area contributed by atoms with E-state index < -0.39 is 51.1 Å². The van der Waals surface area contributed by atoms with Gasteiger partial charge in [-0.1, -0.05) is 264 Å². The number of unbranched alkanes of at least 4 members (excludes halogenated alkanes) is 39. The second-order valence-corrected chi connectivity index (χ2v) is 20.5. The summed E-state index contributed by atoms with van der Waals surface area (Å²) in [5.74, 6) is -2.35. The van der Waals surface area contributed by atoms with Gasteiger partial charge >= 0.3 is 25.7 Å². The summed E-state index contributed by atoms with van der Waals surface area (Å²) in [7, 11) is -4.72. The standard InChI is InChI=1S/C53H104NO10P/c1-3-5-7-9-11-13-15-17-19-21-23-25-27-28-30-32-34-36-38-40-42-44-51(55)61-46-49(47-62-65(59,60)63-48-50(54)53(57)58)64-52(56)45-43-41-39-37-35-33-31-29-26-24-22-20-18-16-14-12-10-8-6-4-2/h49-50H,3-48,54H2,1-2H3,(H,57,58)(H,59,60)/t49-,50+/m1/s1. The van der Waals surface area contributed by atoms with E-state index in [1.54, 1.807) is 0 Å². The molecule has 1 unspecified atom stereocenters. The molecule has 0 aliphatic carbocycles. The number of rotatable bonds is 53. The molecule has 0 fully saturated rings. The highest BCUT2D eigenvalue weighted by Gasteiger charge is 2.28. The van der Waals surface area contributed by atoms with E-state index in [2.05, 4.69) is 13.8 Å². The van der Waals surface area contributed by atoms with Crippen molar-refractivity contribution in [3.05, 3.63) is 0 Å². The van der Waals surface area contributed by atoms with E-state index in [0.717, 1.165) is 38.5 Å². The third-order valence-electron chi connectivity index (χ3n) is 12.6. The SMILES string of the molecule is CCCCCCCCCCCCCCCCCCCCCCCC(=O)OC[C@H](COP(=O)(O)OC[C@H](N)C(=O)O)OC(=O)CCCCCCCCCCCCCCCCCCCCCC. The Balaban J connectivity index is 4.14. The highest BCUT2D eigenvalue weighted by atomic mass is 31.2. The Morgan fingerprint density at radius 3 is 0.969 bits per heavy atom. The molecule has 0 aromatic carbocycles. The fourth-order valence-electron chi connectivity index (χ4n) is 8.31. The average Bonchev–Trinajstić information content (AvgIpc) is 3.28. The van der Waals surface area contributed by atoms with Crippen LogP contribution in [0.2, 0.25) is 0 Å². The van der Waals surface area contributed by atoms with Crippen molar-refractivity contribution in [2.45, 2.75) is 302 Å². The number of hydrogen-bond acceptors (Lipinski definition) is 9. The van der Waals surface area contributed by atoms with Crippen LogP contribution >= 0.6 is 7.82 Å². The van der Waals surface area contributed by atoms with E-state index in [0.29, 0.717) is 12.8 Å². The molecule has 4 N–H and O–H groups in total. The van der Waals surface area contributed by atoms with Crippen molar-refractivity contribution in [2.24, 2.45) is 5.73 Å². The monoisotopic (exact) mass is 946 g/mol. The Morgan fingerprint density at radius 1 is 0.415 bits per heavy atom. The van der Waals surface area contributed by atoms with Crippen molar-refractivity contribution >= 4 is 25.7 Å². The van der Waals surface area contributed by atoms with Gasteiger partial charge in [-0.25, -0.2) is 4.57 Å². The molecule has 0 amide bonds. The summed E-state index contributed by atoms with van der Waals surface area (Å²) in [6.07, 6.45) is 51.7. The fourth-order valence-corrected chi connectivity index (χ4v) is 9.08. The summed E-state index contributed by atoms with van der Waals surface area (Å²) >= 11 is 0. The lowest BCUT2D eigenvalue weighted by Crippen LogP contribution is -2.34. The number of nitrogens with two attached hydrogens (primary N) is 1. The maximum Gasteiger partial charge on any atom is 0.472 e. The first kappa shape index (κ1) is 63.5. The average molecular weight is 946 g/mol. The molecule has 0 heterocycles. The first-order chi connectivity index (χ1) is 31.6. The Kier molecular flexibility index (Phi) is 47.8. The second-order valence-electron chi connectivity index (χ2n) is 19.1. The normalized spacial score (nSPS) is 13.4. The van der Waals surface area contributed by atoms with Gasteiger partial charge in [-0.05, 0) is 12.8 Å². The quantitative estimate of drug-likeness (QED) is 0.0301. The lowest BCUT2D eigenvalue weighted by atomic mass is 10.0. The zero-order valence-corrected chi connectivity index (χ0v) is 43.3. The number of phosphoric acid groups is 1. The Labute approximate surface area is 399 Å². The van der Waals surface area contributed by atoms with Gasteiger partial charge in [-0.15, -0.1) is 0 Å². The van der Waals surface area contributed by atoms with Gasteiger partial charge < -0.3 is 25.2 Å². The van der Waals surface area contributed by atoms with E-state index in [-0.39, 0.29) is 19.4 Å². The summed E-state index contributed by atoms with van der Waals surface area (Å²) in [5, 5.41) is 8.93. The first-order valence-corrected chi connectivity index (χ1v) is 29.1. The second kappa shape index (κ2) is 48.9. The predicted octanol–water partition coefficient (Wildman–Crippen LogP) is 15.8. The molecule has 0 aromatic heterocycles. The topological polar surface area (TPSA) is 172 Å². The lowest BCUT2D eigenvalue weighted by Gasteiger charge is -2.20. The van der Waals surface area contributed by atoms with Gasteiger partial charge in [0.25, 0.3) is 0 Å². The summed E-state index contributed by atoms with van der Waals surface area (Å²) in [6, 6.07) is -1.52. The number of hydrogen-bond donors (Lipinski definition) is 3. The van der Waals surface area contributed by atoms with Gasteiger partial charge in [0.05, 0.1) is 13.2 Å². The number of esters is 2. The van der Waals surface area contributed by atoms with Crippen molar-refractivity contribution in [2.75, 3.05) is 19.8 Å². The molecule has 3 atom stereocenters. The van der Waals surface area contributed by atoms with Crippen molar-refractivity contribution in [3.8, 4) is 0 Å². The van der Waals surface area contributed by atoms with E-state index >= 15 is 0 Å². The third kappa shape index (κ3) is 48.7. The molecule has 65 heavy (non-hydrogen) atoms. The molecule has 0 bridgehead atoms. The van der Waals surface area contributed by atoms with Gasteiger partial charge in [0.1, 0.15) is 12.6 Å². The van der Waals surface area contributed by atoms with Gasteiger partial charge in [0.15, 0.2) is 6.10 Å². The number of ether oxygens (including phenoxy) is 2. The zero-order chi connectivity index (χ0) is 47.7. The molecular weight excluding hydrogens is 842 g/mol. The number of carbonyl (C=O) groups excluding carboxylic acids is 2. The van der Waals surface area contributed by atoms with Crippen molar-refractivity contribution in [1.29, 1.82) is 0 Å². The van der Waals surface area contributed by atoms with Crippen LogP contribution in [0.1, 0.15) is 290 Å². The highest BCUT2D eigenvalue weighted by Crippen LogP contribution is 2.43. The number of aliphatic carboxylic acids is 1. The van der Waals surface area contributed by atoms with Crippen LogP contribution < -0.4 is 5.73 Å². The van der Waals surface area contributed by atoms with Crippen LogP contribution in [0, 0.1) is 0 Å². The van der Waals surface area contributed by atoms with Crippen LogP contribution in [0.5, 0.6) is 0 Å². The fraction of sp³-hybridized carbons (Fsp3) is 0.943. The molecule has 0 aliphatic rings. The Morgan fingerprint density at radius 2 is 0.677 bits per heavy atom. The van der Waals surface area contributed by atoms with Crippen LogP contribution in [0.4, 0.5) is 0 Å². The van der Waals surface area contributed by atoms with Crippen LogP contribution in [-0.2, 0) is 37.5 Å². The third-order valence-corrected chi connectivity index (χ3v) is 13.6. The van der Waals surface area contributed by atoms with Crippen LogP contribution in [0.25, 0.3) is 0 Å². The van der Waals surface area contributed by atoms with E-state index in [4.69, 9.17) is 29.4 Å². The number of carboxylic acids is 1. The van der Waals surface area contributed by atoms with E-state index in [1.165, 1.54) is 212 Å². The Bertz CT molecular complexity index is 1110. The molecule has 386 valence electrons. The van der Waals surface area contributed by atoms with Crippen LogP contribution in [0.3, 0.4) is 0 Å². The van der Waals surface area contributed by atoms with Crippen LogP contribution in [-0.4, -0.2) is 59.9 Å². The lowest BCUT2D eigenvalue weighted by molar-refractivity contribution is -0.161.